The molecule has 37 heavy (non-hydrogen) atoms. The van der Waals surface area contributed by atoms with Crippen LogP contribution >= 0.6 is 0 Å². The first-order chi connectivity index (χ1) is 18.1. The molecule has 2 saturated carbocycles. The van der Waals surface area contributed by atoms with E-state index in [1.807, 2.05) is 6.92 Å². The summed E-state index contributed by atoms with van der Waals surface area (Å²) in [5, 5.41) is 0. The molecule has 206 valence electrons. The SMILES string of the molecule is C/C=C/C1CCC(C2CCC(/C=C/CCC3CCC(c4ccc(OCCC)c(F)c4F)CO3)CC2)CC1. The monoisotopic (exact) mass is 514 g/mol. The molecular formula is C33H48F2O2. The van der Waals surface area contributed by atoms with Crippen molar-refractivity contribution in [3.05, 3.63) is 53.6 Å². The highest BCUT2D eigenvalue weighted by Crippen LogP contribution is 2.42. The van der Waals surface area contributed by atoms with E-state index in [0.29, 0.717) is 18.8 Å². The topological polar surface area (TPSA) is 18.5 Å². The molecule has 1 aliphatic heterocycles. The summed E-state index contributed by atoms with van der Waals surface area (Å²) in [4.78, 5) is 0. The molecule has 2 atom stereocenters. The number of benzene rings is 1. The zero-order valence-corrected chi connectivity index (χ0v) is 23.1. The molecule has 3 aliphatic rings. The summed E-state index contributed by atoms with van der Waals surface area (Å²) in [6, 6.07) is 3.23. The lowest BCUT2D eigenvalue weighted by atomic mass is 9.69. The first-order valence-corrected chi connectivity index (χ1v) is 15.1. The van der Waals surface area contributed by atoms with Crippen molar-refractivity contribution < 1.29 is 18.3 Å². The number of hydrogen-bond donors (Lipinski definition) is 0. The summed E-state index contributed by atoms with van der Waals surface area (Å²) in [7, 11) is 0. The van der Waals surface area contributed by atoms with Gasteiger partial charge in [-0.05, 0) is 126 Å². The van der Waals surface area contributed by atoms with Gasteiger partial charge in [0, 0.05) is 5.92 Å². The molecule has 1 aromatic carbocycles. The van der Waals surface area contributed by atoms with E-state index in [9.17, 15) is 8.78 Å². The maximum atomic E-state index is 14.6. The second kappa shape index (κ2) is 14.5. The minimum absolute atomic E-state index is 0.00479. The summed E-state index contributed by atoms with van der Waals surface area (Å²) in [5.74, 6) is 1.77. The van der Waals surface area contributed by atoms with Crippen LogP contribution in [0.4, 0.5) is 8.78 Å². The highest BCUT2D eigenvalue weighted by molar-refractivity contribution is 5.33. The number of hydrogen-bond acceptors (Lipinski definition) is 2. The van der Waals surface area contributed by atoms with Gasteiger partial charge in [-0.1, -0.05) is 37.3 Å². The van der Waals surface area contributed by atoms with Gasteiger partial charge in [-0.15, -0.1) is 0 Å². The van der Waals surface area contributed by atoms with Crippen LogP contribution in [0.2, 0.25) is 0 Å². The lowest BCUT2D eigenvalue weighted by molar-refractivity contribution is -0.000944. The predicted molar refractivity (Wildman–Crippen MR) is 148 cm³/mol. The van der Waals surface area contributed by atoms with Crippen molar-refractivity contribution in [3.63, 3.8) is 0 Å². The van der Waals surface area contributed by atoms with Gasteiger partial charge < -0.3 is 9.47 Å². The van der Waals surface area contributed by atoms with E-state index in [-0.39, 0.29) is 17.8 Å². The van der Waals surface area contributed by atoms with E-state index in [1.165, 1.54) is 51.4 Å². The fourth-order valence-electron chi connectivity index (χ4n) is 6.93. The molecule has 0 spiro atoms. The number of ether oxygens (including phenoxy) is 2. The van der Waals surface area contributed by atoms with E-state index in [4.69, 9.17) is 9.47 Å². The predicted octanol–water partition coefficient (Wildman–Crippen LogP) is 9.54. The fraction of sp³-hybridized carbons (Fsp3) is 0.697. The third kappa shape index (κ3) is 7.91. The van der Waals surface area contributed by atoms with Crippen molar-refractivity contribution in [2.45, 2.75) is 109 Å². The molecule has 4 rings (SSSR count). The van der Waals surface area contributed by atoms with Crippen molar-refractivity contribution in [2.24, 2.45) is 23.7 Å². The van der Waals surface area contributed by atoms with Crippen LogP contribution in [0.25, 0.3) is 0 Å². The van der Waals surface area contributed by atoms with Crippen LogP contribution in [0.15, 0.2) is 36.4 Å². The molecule has 0 amide bonds. The molecule has 4 heteroatoms. The quantitative estimate of drug-likeness (QED) is 0.289. The largest absolute Gasteiger partial charge is 0.490 e. The van der Waals surface area contributed by atoms with Crippen molar-refractivity contribution in [2.75, 3.05) is 13.2 Å². The lowest BCUT2D eigenvalue weighted by Crippen LogP contribution is -2.25. The van der Waals surface area contributed by atoms with Gasteiger partial charge in [0.05, 0.1) is 19.3 Å². The Kier molecular flexibility index (Phi) is 11.1. The Hall–Kier alpha value is -1.68. The molecule has 0 radical (unpaired) electrons. The molecule has 1 saturated heterocycles. The van der Waals surface area contributed by atoms with Gasteiger partial charge in [-0.2, -0.15) is 4.39 Å². The summed E-state index contributed by atoms with van der Waals surface area (Å²) in [6.45, 7) is 4.94. The third-order valence-electron chi connectivity index (χ3n) is 9.18. The molecule has 0 bridgehead atoms. The van der Waals surface area contributed by atoms with Gasteiger partial charge in [0.2, 0.25) is 5.82 Å². The molecule has 0 N–H and O–H groups in total. The van der Waals surface area contributed by atoms with E-state index in [2.05, 4.69) is 31.2 Å². The van der Waals surface area contributed by atoms with Gasteiger partial charge in [-0.25, -0.2) is 4.39 Å². The zero-order valence-electron chi connectivity index (χ0n) is 23.1. The Morgan fingerprint density at radius 2 is 1.54 bits per heavy atom. The highest BCUT2D eigenvalue weighted by Gasteiger charge is 2.30. The standard InChI is InChI=1S/C33H48F2O2/c1-3-7-24-10-14-26(15-11-24)27-16-12-25(13-17-27)8-5-6-9-29-19-18-28(23-37-29)30-20-21-31(36-22-4-2)33(35)32(30)34/h3,5,7-8,20-21,24-29H,4,6,9-19,22-23H2,1-2H3/b7-3+,8-5+. The van der Waals surface area contributed by atoms with Gasteiger partial charge in [0.15, 0.2) is 11.6 Å². The molecule has 2 nitrogen and oxygen atoms in total. The highest BCUT2D eigenvalue weighted by atomic mass is 19.2. The van der Waals surface area contributed by atoms with Gasteiger partial charge >= 0.3 is 0 Å². The lowest BCUT2D eigenvalue weighted by Gasteiger charge is -2.37. The van der Waals surface area contributed by atoms with Gasteiger partial charge in [0.25, 0.3) is 0 Å². The van der Waals surface area contributed by atoms with E-state index in [0.717, 1.165) is 55.8 Å². The zero-order chi connectivity index (χ0) is 26.0. The normalized spacial score (nSPS) is 31.2. The molecule has 0 aromatic heterocycles. The van der Waals surface area contributed by atoms with Crippen LogP contribution in [0.1, 0.15) is 109 Å². The molecule has 2 unspecified atom stereocenters. The molecule has 2 aliphatic carbocycles. The average Bonchev–Trinajstić information content (AvgIpc) is 2.93. The number of rotatable bonds is 10. The second-order valence-electron chi connectivity index (χ2n) is 11.7. The van der Waals surface area contributed by atoms with Crippen LogP contribution in [0.3, 0.4) is 0 Å². The van der Waals surface area contributed by atoms with Crippen LogP contribution < -0.4 is 4.74 Å². The minimum Gasteiger partial charge on any atom is -0.490 e. The molecular weight excluding hydrogens is 466 g/mol. The van der Waals surface area contributed by atoms with Crippen molar-refractivity contribution in [3.8, 4) is 5.75 Å². The smallest absolute Gasteiger partial charge is 0.200 e. The van der Waals surface area contributed by atoms with Crippen molar-refractivity contribution in [1.29, 1.82) is 0 Å². The Morgan fingerprint density at radius 3 is 2.14 bits per heavy atom. The summed E-state index contributed by atoms with van der Waals surface area (Å²) < 4.78 is 40.4. The maximum absolute atomic E-state index is 14.6. The minimum atomic E-state index is -0.871. The fourth-order valence-corrected chi connectivity index (χ4v) is 6.93. The van der Waals surface area contributed by atoms with E-state index < -0.39 is 11.6 Å². The van der Waals surface area contributed by atoms with Gasteiger partial charge in [0.1, 0.15) is 0 Å². The Labute approximate surface area is 223 Å². The maximum Gasteiger partial charge on any atom is 0.200 e. The summed E-state index contributed by atoms with van der Waals surface area (Å²) in [6.07, 6.45) is 25.4. The van der Waals surface area contributed by atoms with Crippen molar-refractivity contribution in [1.82, 2.24) is 0 Å². The number of allylic oxidation sites excluding steroid dienone is 4. The first-order valence-electron chi connectivity index (χ1n) is 15.1. The Balaban J connectivity index is 1.12. The van der Waals surface area contributed by atoms with E-state index in [1.54, 1.807) is 12.1 Å². The van der Waals surface area contributed by atoms with Crippen LogP contribution in [-0.4, -0.2) is 19.3 Å². The molecule has 3 fully saturated rings. The summed E-state index contributed by atoms with van der Waals surface area (Å²) >= 11 is 0. The van der Waals surface area contributed by atoms with Crippen LogP contribution in [-0.2, 0) is 4.74 Å². The Morgan fingerprint density at radius 1 is 0.865 bits per heavy atom. The second-order valence-corrected chi connectivity index (χ2v) is 11.7. The van der Waals surface area contributed by atoms with Crippen molar-refractivity contribution >= 4 is 0 Å². The van der Waals surface area contributed by atoms with Gasteiger partial charge in [-0.3, -0.25) is 0 Å². The van der Waals surface area contributed by atoms with E-state index >= 15 is 0 Å². The Bertz CT molecular complexity index is 871. The third-order valence-corrected chi connectivity index (χ3v) is 9.18. The molecule has 1 aromatic rings. The average molecular weight is 515 g/mol. The number of halogens is 2. The molecule has 1 heterocycles. The van der Waals surface area contributed by atoms with Crippen LogP contribution in [0.5, 0.6) is 5.75 Å². The summed E-state index contributed by atoms with van der Waals surface area (Å²) in [5.41, 5.74) is 0.418. The van der Waals surface area contributed by atoms with Crippen LogP contribution in [0, 0.1) is 35.3 Å². The first kappa shape index (κ1) is 28.3.